The van der Waals surface area contributed by atoms with Crippen molar-refractivity contribution in [1.29, 1.82) is 0 Å². The Labute approximate surface area is 105 Å². The lowest BCUT2D eigenvalue weighted by Gasteiger charge is -2.06. The van der Waals surface area contributed by atoms with Gasteiger partial charge in [-0.2, -0.15) is 4.98 Å². The van der Waals surface area contributed by atoms with Gasteiger partial charge in [0.25, 0.3) is 0 Å². The molecule has 0 unspecified atom stereocenters. The third kappa shape index (κ3) is 2.68. The highest BCUT2D eigenvalue weighted by Gasteiger charge is 2.03. The van der Waals surface area contributed by atoms with Gasteiger partial charge in [-0.1, -0.05) is 38.1 Å². The molecule has 0 amide bonds. The van der Waals surface area contributed by atoms with Crippen molar-refractivity contribution in [3.05, 3.63) is 34.6 Å². The minimum Gasteiger partial charge on any atom is -0.369 e. The molecule has 0 saturated carbocycles. The van der Waals surface area contributed by atoms with Crippen LogP contribution < -0.4 is 5.73 Å². The molecule has 1 aromatic carbocycles. The van der Waals surface area contributed by atoms with Crippen molar-refractivity contribution in [2.75, 3.05) is 5.73 Å². The zero-order valence-corrected chi connectivity index (χ0v) is 10.6. The fourth-order valence-corrected chi connectivity index (χ4v) is 1.75. The molecule has 0 aliphatic carbocycles. The number of aromatic nitrogens is 3. The number of nitrogens with two attached hydrogens (primary N) is 1. The first-order chi connectivity index (χ1) is 8.06. The topological polar surface area (TPSA) is 67.6 Å². The van der Waals surface area contributed by atoms with Crippen LogP contribution in [0.5, 0.6) is 0 Å². The van der Waals surface area contributed by atoms with Gasteiger partial charge in [-0.15, -0.1) is 0 Å². The van der Waals surface area contributed by atoms with Crippen LogP contribution in [0, 0.1) is 4.77 Å². The van der Waals surface area contributed by atoms with Gasteiger partial charge in [0.15, 0.2) is 0 Å². The van der Waals surface area contributed by atoms with E-state index in [0.29, 0.717) is 11.7 Å². The lowest BCUT2D eigenvalue weighted by molar-refractivity contribution is 0.866. The molecule has 4 nitrogen and oxygen atoms in total. The van der Waals surface area contributed by atoms with Crippen LogP contribution in [-0.4, -0.2) is 15.0 Å². The number of hydrogen-bond acceptors (Lipinski definition) is 4. The highest BCUT2D eigenvalue weighted by molar-refractivity contribution is 7.71. The molecular weight excluding hydrogens is 232 g/mol. The number of nitrogens with one attached hydrogen (secondary N) is 1. The van der Waals surface area contributed by atoms with E-state index < -0.39 is 0 Å². The summed E-state index contributed by atoms with van der Waals surface area (Å²) in [7, 11) is 0. The summed E-state index contributed by atoms with van der Waals surface area (Å²) < 4.78 is 0.254. The molecule has 0 fully saturated rings. The van der Waals surface area contributed by atoms with Crippen molar-refractivity contribution in [2.45, 2.75) is 19.8 Å². The zero-order valence-electron chi connectivity index (χ0n) is 9.77. The fraction of sp³-hybridized carbons (Fsp3) is 0.250. The maximum absolute atomic E-state index is 5.60. The van der Waals surface area contributed by atoms with Gasteiger partial charge in [0.1, 0.15) is 5.82 Å². The summed E-state index contributed by atoms with van der Waals surface area (Å²) in [6, 6.07) is 8.16. The molecule has 88 valence electrons. The average Bonchev–Trinajstić information content (AvgIpc) is 2.28. The maximum atomic E-state index is 5.60. The predicted octanol–water partition coefficient (Wildman–Crippen LogP) is 2.91. The minimum atomic E-state index is 0.254. The van der Waals surface area contributed by atoms with Crippen LogP contribution in [0.3, 0.4) is 0 Å². The minimum absolute atomic E-state index is 0.254. The molecular formula is C12H14N4S. The van der Waals surface area contributed by atoms with Crippen molar-refractivity contribution < 1.29 is 0 Å². The molecule has 0 atom stereocenters. The summed E-state index contributed by atoms with van der Waals surface area (Å²) in [6.45, 7) is 4.32. The Bertz CT molecular complexity index is 572. The van der Waals surface area contributed by atoms with Crippen molar-refractivity contribution in [2.24, 2.45) is 0 Å². The Hall–Kier alpha value is -1.75. The van der Waals surface area contributed by atoms with Gasteiger partial charge in [0, 0.05) is 5.56 Å². The van der Waals surface area contributed by atoms with Crippen LogP contribution in [-0.2, 0) is 0 Å². The van der Waals surface area contributed by atoms with Gasteiger partial charge >= 0.3 is 0 Å². The molecule has 17 heavy (non-hydrogen) atoms. The van der Waals surface area contributed by atoms with Crippen molar-refractivity contribution in [3.63, 3.8) is 0 Å². The number of rotatable bonds is 2. The van der Waals surface area contributed by atoms with Gasteiger partial charge in [-0.25, -0.2) is 4.98 Å². The molecule has 0 bridgehead atoms. The Morgan fingerprint density at radius 3 is 2.35 bits per heavy atom. The molecule has 1 aromatic heterocycles. The Morgan fingerprint density at radius 1 is 1.18 bits per heavy atom. The first-order valence-electron chi connectivity index (χ1n) is 5.40. The lowest BCUT2D eigenvalue weighted by Crippen LogP contribution is -1.99. The van der Waals surface area contributed by atoms with Crippen molar-refractivity contribution in [1.82, 2.24) is 15.0 Å². The Kier molecular flexibility index (Phi) is 3.19. The van der Waals surface area contributed by atoms with E-state index in [-0.39, 0.29) is 10.7 Å². The summed E-state index contributed by atoms with van der Waals surface area (Å²) >= 11 is 4.93. The molecule has 0 aliphatic heterocycles. The first kappa shape index (κ1) is 11.7. The molecule has 0 spiro atoms. The third-order valence-corrected chi connectivity index (χ3v) is 2.70. The number of nitrogen functional groups attached to an aromatic ring is 1. The van der Waals surface area contributed by atoms with E-state index >= 15 is 0 Å². The fourth-order valence-electron chi connectivity index (χ4n) is 1.56. The van der Waals surface area contributed by atoms with E-state index in [2.05, 4.69) is 40.9 Å². The Balaban J connectivity index is 2.43. The standard InChI is InChI=1S/C12H14N4S/c1-7(2)8-3-5-9(6-4-8)10-14-11(13)16-12(17)15-10/h3-7H,1-2H3,(H3,13,14,15,16,17). The van der Waals surface area contributed by atoms with Gasteiger partial charge < -0.3 is 10.7 Å². The number of nitrogens with zero attached hydrogens (tertiary/aromatic N) is 2. The summed E-state index contributed by atoms with van der Waals surface area (Å²) in [5.74, 6) is 1.45. The second kappa shape index (κ2) is 4.63. The normalized spacial score (nSPS) is 10.8. The quantitative estimate of drug-likeness (QED) is 0.799. The van der Waals surface area contributed by atoms with Crippen molar-refractivity contribution >= 4 is 18.2 Å². The van der Waals surface area contributed by atoms with E-state index in [4.69, 9.17) is 18.0 Å². The molecule has 3 N–H and O–H groups in total. The van der Waals surface area contributed by atoms with Crippen LogP contribution >= 0.6 is 12.2 Å². The summed E-state index contributed by atoms with van der Waals surface area (Å²) in [4.78, 5) is 10.9. The summed E-state index contributed by atoms with van der Waals surface area (Å²) in [5.41, 5.74) is 7.84. The molecule has 1 heterocycles. The highest BCUT2D eigenvalue weighted by atomic mass is 32.1. The molecule has 0 aliphatic rings. The van der Waals surface area contributed by atoms with Crippen LogP contribution in [0.4, 0.5) is 5.95 Å². The monoisotopic (exact) mass is 246 g/mol. The number of hydrogen-bond donors (Lipinski definition) is 2. The molecule has 0 radical (unpaired) electrons. The number of aromatic amines is 1. The van der Waals surface area contributed by atoms with Gasteiger partial charge in [0.2, 0.25) is 10.7 Å². The maximum Gasteiger partial charge on any atom is 0.224 e. The Morgan fingerprint density at radius 2 is 1.82 bits per heavy atom. The number of benzene rings is 1. The molecule has 2 rings (SSSR count). The van der Waals surface area contributed by atoms with Gasteiger partial charge in [-0.3, -0.25) is 0 Å². The average molecular weight is 246 g/mol. The first-order valence-corrected chi connectivity index (χ1v) is 5.81. The van der Waals surface area contributed by atoms with Crippen LogP contribution in [0.15, 0.2) is 24.3 Å². The zero-order chi connectivity index (χ0) is 12.4. The molecule has 0 saturated heterocycles. The second-order valence-corrected chi connectivity index (χ2v) is 4.51. The number of anilines is 1. The second-order valence-electron chi connectivity index (χ2n) is 4.14. The van der Waals surface area contributed by atoms with Gasteiger partial charge in [-0.05, 0) is 23.7 Å². The number of H-pyrrole nitrogens is 1. The van der Waals surface area contributed by atoms with Crippen molar-refractivity contribution in [3.8, 4) is 11.4 Å². The smallest absolute Gasteiger partial charge is 0.224 e. The van der Waals surface area contributed by atoms with E-state index in [1.807, 2.05) is 12.1 Å². The van der Waals surface area contributed by atoms with E-state index in [1.54, 1.807) is 0 Å². The van der Waals surface area contributed by atoms with E-state index in [0.717, 1.165) is 5.56 Å². The molecule has 2 aromatic rings. The van der Waals surface area contributed by atoms with Crippen LogP contribution in [0.1, 0.15) is 25.3 Å². The molecule has 5 heteroatoms. The lowest BCUT2D eigenvalue weighted by atomic mass is 10.0. The van der Waals surface area contributed by atoms with Gasteiger partial charge in [0.05, 0.1) is 0 Å². The SMILES string of the molecule is CC(C)c1ccc(-c2nc(=S)nc(N)[nH]2)cc1. The van der Waals surface area contributed by atoms with E-state index in [9.17, 15) is 0 Å². The highest BCUT2D eigenvalue weighted by Crippen LogP contribution is 2.19. The van der Waals surface area contributed by atoms with Crippen LogP contribution in [0.25, 0.3) is 11.4 Å². The predicted molar refractivity (Wildman–Crippen MR) is 71.2 cm³/mol. The summed E-state index contributed by atoms with van der Waals surface area (Å²) in [6.07, 6.45) is 0. The summed E-state index contributed by atoms with van der Waals surface area (Å²) in [5, 5.41) is 0. The van der Waals surface area contributed by atoms with E-state index in [1.165, 1.54) is 5.56 Å². The van der Waals surface area contributed by atoms with Crippen LogP contribution in [0.2, 0.25) is 0 Å². The third-order valence-electron chi connectivity index (χ3n) is 2.52. The largest absolute Gasteiger partial charge is 0.369 e.